The van der Waals surface area contributed by atoms with Crippen LogP contribution >= 0.6 is 22.9 Å². The summed E-state index contributed by atoms with van der Waals surface area (Å²) in [6.45, 7) is 0. The normalized spacial score (nSPS) is 15.2. The molecular weight excluding hydrogens is 411 g/mol. The van der Waals surface area contributed by atoms with Crippen LogP contribution in [0, 0.1) is 5.82 Å². The number of carbonyl (C=O) groups is 2. The average Bonchev–Trinajstić information content (AvgIpc) is 3.49. The van der Waals surface area contributed by atoms with Gasteiger partial charge in [-0.3, -0.25) is 14.5 Å². The fourth-order valence-corrected chi connectivity index (χ4v) is 4.80. The van der Waals surface area contributed by atoms with E-state index in [1.54, 1.807) is 6.07 Å². The number of halogens is 1. The number of anilines is 1. The lowest BCUT2D eigenvalue weighted by molar-refractivity contribution is -0.123. The molecule has 1 atom stereocenters. The van der Waals surface area contributed by atoms with Crippen LogP contribution in [0.5, 0.6) is 0 Å². The Balaban J connectivity index is 1.77. The smallest absolute Gasteiger partial charge is 0.280 e. The molecule has 0 aliphatic heterocycles. The van der Waals surface area contributed by atoms with Crippen LogP contribution in [0.25, 0.3) is 0 Å². The van der Waals surface area contributed by atoms with Crippen molar-refractivity contribution in [3.8, 4) is 0 Å². The molecule has 0 bridgehead atoms. The fraction of sp³-hybridized carbons (Fsp3) is 0.300. The van der Waals surface area contributed by atoms with Gasteiger partial charge in [-0.05, 0) is 54.0 Å². The molecule has 2 heterocycles. The highest BCUT2D eigenvalue weighted by molar-refractivity contribution is 7.10. The fourth-order valence-electron chi connectivity index (χ4n) is 3.56. The number of amides is 2. The second-order valence-corrected chi connectivity index (χ2v) is 8.44. The topological polar surface area (TPSA) is 75.2 Å². The van der Waals surface area contributed by atoms with Gasteiger partial charge in [0.25, 0.3) is 5.91 Å². The Morgan fingerprint density at radius 1 is 1.21 bits per heavy atom. The van der Waals surface area contributed by atoms with Crippen LogP contribution in [0.2, 0.25) is 0 Å². The standard InChI is InChI=1S/C20H19FN4O2S2/c21-13-5-3-8-15(11-13)25(20(27)16-12-29-24-23-16)18(17-9-4-10-28-17)19(26)22-14-6-1-2-7-14/h3-5,8-12,14,18H,1-2,6-7H2,(H,22,26)/t18-/m1/s1. The Hall–Kier alpha value is -2.65. The Morgan fingerprint density at radius 2 is 2.03 bits per heavy atom. The maximum atomic E-state index is 14.0. The minimum absolute atomic E-state index is 0.0929. The van der Waals surface area contributed by atoms with Crippen molar-refractivity contribution < 1.29 is 14.0 Å². The Kier molecular flexibility index (Phi) is 5.96. The van der Waals surface area contributed by atoms with Crippen LogP contribution < -0.4 is 10.2 Å². The number of carbonyl (C=O) groups excluding carboxylic acids is 2. The van der Waals surface area contributed by atoms with Crippen molar-refractivity contribution in [2.45, 2.75) is 37.8 Å². The van der Waals surface area contributed by atoms with Crippen LogP contribution in [0.15, 0.2) is 47.2 Å². The molecule has 4 rings (SSSR count). The van der Waals surface area contributed by atoms with E-state index in [0.29, 0.717) is 10.6 Å². The number of rotatable bonds is 6. The number of nitrogens with zero attached hydrogens (tertiary/aromatic N) is 3. The summed E-state index contributed by atoms with van der Waals surface area (Å²) in [5, 5.41) is 10.3. The molecular formula is C20H19FN4O2S2. The van der Waals surface area contributed by atoms with Gasteiger partial charge < -0.3 is 5.32 Å². The average molecular weight is 431 g/mol. The summed E-state index contributed by atoms with van der Waals surface area (Å²) < 4.78 is 17.8. The third-order valence-electron chi connectivity index (χ3n) is 4.91. The summed E-state index contributed by atoms with van der Waals surface area (Å²) in [7, 11) is 0. The number of hydrogen-bond donors (Lipinski definition) is 1. The van der Waals surface area contributed by atoms with Gasteiger partial charge in [0, 0.05) is 22.0 Å². The third kappa shape index (κ3) is 4.35. The van der Waals surface area contributed by atoms with Crippen molar-refractivity contribution in [3.63, 3.8) is 0 Å². The van der Waals surface area contributed by atoms with Crippen molar-refractivity contribution in [2.75, 3.05) is 4.90 Å². The molecule has 1 aliphatic carbocycles. The summed E-state index contributed by atoms with van der Waals surface area (Å²) in [6.07, 6.45) is 4.00. The molecule has 0 saturated heterocycles. The largest absolute Gasteiger partial charge is 0.351 e. The Morgan fingerprint density at radius 3 is 2.69 bits per heavy atom. The second kappa shape index (κ2) is 8.79. The predicted octanol–water partition coefficient (Wildman–Crippen LogP) is 4.19. The molecule has 3 aromatic rings. The van der Waals surface area contributed by atoms with Crippen molar-refractivity contribution in [2.24, 2.45) is 0 Å². The van der Waals surface area contributed by atoms with Gasteiger partial charge in [0.1, 0.15) is 5.82 Å². The molecule has 0 radical (unpaired) electrons. The lowest BCUT2D eigenvalue weighted by Crippen LogP contribution is -2.46. The van der Waals surface area contributed by atoms with E-state index in [9.17, 15) is 14.0 Å². The molecule has 1 fully saturated rings. The number of hydrogen-bond acceptors (Lipinski definition) is 6. The number of aromatic nitrogens is 2. The SMILES string of the molecule is O=C(NC1CCCC1)[C@@H](c1cccs1)N(C(=O)c1csnn1)c1cccc(F)c1. The molecule has 0 spiro atoms. The van der Waals surface area contributed by atoms with Crippen molar-refractivity contribution >= 4 is 40.4 Å². The van der Waals surface area contributed by atoms with E-state index in [2.05, 4.69) is 14.9 Å². The summed E-state index contributed by atoms with van der Waals surface area (Å²) >= 11 is 2.42. The Labute approximate surface area is 175 Å². The molecule has 2 aromatic heterocycles. The number of benzene rings is 1. The molecule has 6 nitrogen and oxygen atoms in total. The Bertz CT molecular complexity index is 972. The van der Waals surface area contributed by atoms with Crippen LogP contribution in [-0.4, -0.2) is 27.4 Å². The molecule has 9 heteroatoms. The van der Waals surface area contributed by atoms with Crippen molar-refractivity contribution in [1.82, 2.24) is 14.9 Å². The van der Waals surface area contributed by atoms with Gasteiger partial charge in [-0.15, -0.1) is 16.4 Å². The first kappa shape index (κ1) is 19.7. The minimum atomic E-state index is -0.924. The highest BCUT2D eigenvalue weighted by Gasteiger charge is 2.36. The summed E-state index contributed by atoms with van der Waals surface area (Å²) in [4.78, 5) is 28.7. The van der Waals surface area contributed by atoms with Gasteiger partial charge in [0.2, 0.25) is 5.91 Å². The highest BCUT2D eigenvalue weighted by atomic mass is 32.1. The first-order valence-corrected chi connectivity index (χ1v) is 11.0. The molecule has 0 unspecified atom stereocenters. The third-order valence-corrected chi connectivity index (χ3v) is 6.33. The van der Waals surface area contributed by atoms with Gasteiger partial charge in [0.05, 0.1) is 0 Å². The summed E-state index contributed by atoms with van der Waals surface area (Å²) in [5.74, 6) is -1.26. The zero-order valence-electron chi connectivity index (χ0n) is 15.5. The molecule has 1 aromatic carbocycles. The lowest BCUT2D eigenvalue weighted by atomic mass is 10.1. The van der Waals surface area contributed by atoms with Crippen LogP contribution in [0.4, 0.5) is 10.1 Å². The van der Waals surface area contributed by atoms with E-state index in [1.165, 1.54) is 39.8 Å². The van der Waals surface area contributed by atoms with Gasteiger partial charge in [-0.1, -0.05) is 29.5 Å². The van der Waals surface area contributed by atoms with E-state index in [0.717, 1.165) is 37.2 Å². The van der Waals surface area contributed by atoms with E-state index in [1.807, 2.05) is 17.5 Å². The minimum Gasteiger partial charge on any atom is -0.351 e. The summed E-state index contributed by atoms with van der Waals surface area (Å²) in [5.41, 5.74) is 0.414. The quantitative estimate of drug-likeness (QED) is 0.636. The second-order valence-electron chi connectivity index (χ2n) is 6.85. The van der Waals surface area contributed by atoms with Gasteiger partial charge in [0.15, 0.2) is 11.7 Å². The van der Waals surface area contributed by atoms with Crippen LogP contribution in [0.1, 0.15) is 47.1 Å². The monoisotopic (exact) mass is 430 g/mol. The van der Waals surface area contributed by atoms with Gasteiger partial charge >= 0.3 is 0 Å². The van der Waals surface area contributed by atoms with Crippen LogP contribution in [0.3, 0.4) is 0 Å². The predicted molar refractivity (Wildman–Crippen MR) is 111 cm³/mol. The van der Waals surface area contributed by atoms with E-state index >= 15 is 0 Å². The molecule has 1 aliphatic rings. The first-order valence-electron chi connectivity index (χ1n) is 9.33. The molecule has 150 valence electrons. The highest BCUT2D eigenvalue weighted by Crippen LogP contribution is 2.33. The maximum Gasteiger partial charge on any atom is 0.280 e. The van der Waals surface area contributed by atoms with Gasteiger partial charge in [-0.25, -0.2) is 4.39 Å². The molecule has 1 saturated carbocycles. The molecule has 1 N–H and O–H groups in total. The molecule has 29 heavy (non-hydrogen) atoms. The summed E-state index contributed by atoms with van der Waals surface area (Å²) in [6, 6.07) is 8.49. The zero-order chi connectivity index (χ0) is 20.2. The number of thiophene rings is 1. The van der Waals surface area contributed by atoms with Gasteiger partial charge in [-0.2, -0.15) is 0 Å². The van der Waals surface area contributed by atoms with E-state index in [4.69, 9.17) is 0 Å². The van der Waals surface area contributed by atoms with E-state index in [-0.39, 0.29) is 17.6 Å². The zero-order valence-corrected chi connectivity index (χ0v) is 17.1. The van der Waals surface area contributed by atoms with E-state index < -0.39 is 17.8 Å². The number of nitrogens with one attached hydrogen (secondary N) is 1. The first-order chi connectivity index (χ1) is 14.1. The van der Waals surface area contributed by atoms with Crippen LogP contribution in [-0.2, 0) is 4.79 Å². The van der Waals surface area contributed by atoms with Crippen molar-refractivity contribution in [3.05, 3.63) is 63.5 Å². The lowest BCUT2D eigenvalue weighted by Gasteiger charge is -2.31. The molecule has 2 amide bonds. The van der Waals surface area contributed by atoms with Crippen molar-refractivity contribution in [1.29, 1.82) is 0 Å². The maximum absolute atomic E-state index is 14.0.